The van der Waals surface area contributed by atoms with E-state index in [1.165, 1.54) is 0 Å². The van der Waals surface area contributed by atoms with Crippen molar-refractivity contribution in [3.63, 3.8) is 0 Å². The molecule has 0 spiro atoms. The third-order valence-electron chi connectivity index (χ3n) is 3.73. The van der Waals surface area contributed by atoms with Gasteiger partial charge in [0.2, 0.25) is 0 Å². The normalized spacial score (nSPS) is 12.2. The fraction of sp³-hybridized carbons (Fsp3) is 1.00. The molecule has 0 heterocycles. The van der Waals surface area contributed by atoms with Gasteiger partial charge in [0.05, 0.1) is 0 Å². The van der Waals surface area contributed by atoms with Gasteiger partial charge in [0.15, 0.2) is 0 Å². The molecule has 6 nitrogen and oxygen atoms in total. The minimum Gasteiger partial charge on any atom is -1.00 e. The van der Waals surface area contributed by atoms with Gasteiger partial charge < -0.3 is 28.0 Å². The largest absolute Gasteiger partial charge is 1.00 e. The van der Waals surface area contributed by atoms with Crippen LogP contribution >= 0.6 is 11.8 Å². The third-order valence-corrected chi connectivity index (χ3v) is 11.2. The van der Waals surface area contributed by atoms with Crippen LogP contribution in [-0.4, -0.2) is 68.8 Å². The summed E-state index contributed by atoms with van der Waals surface area (Å²) in [5, 5.41) is 0. The van der Waals surface area contributed by atoms with Crippen LogP contribution in [0.1, 0.15) is 55.8 Å². The smallest absolute Gasteiger partial charge is 1.00 e. The SMILES string of the molecule is CCO[Si](CCCSCCC[Si](OCC)(OCC)OCC)(OCC)OCC.[H-].[Na+]. The van der Waals surface area contributed by atoms with Crippen molar-refractivity contribution in [2.75, 3.05) is 51.1 Å². The Balaban J connectivity index is -0.00000338. The summed E-state index contributed by atoms with van der Waals surface area (Å²) < 4.78 is 35.4. The molecule has 0 saturated heterocycles. The zero-order valence-electron chi connectivity index (χ0n) is 20.3. The Labute approximate surface area is 203 Å². The van der Waals surface area contributed by atoms with E-state index in [1.54, 1.807) is 0 Å². The molecule has 0 aliphatic rings. The third kappa shape index (κ3) is 13.8. The molecule has 0 radical (unpaired) electrons. The van der Waals surface area contributed by atoms with Crippen molar-refractivity contribution in [1.82, 2.24) is 0 Å². The summed E-state index contributed by atoms with van der Waals surface area (Å²) >= 11 is 1.95. The number of hydrogen-bond donors (Lipinski definition) is 0. The molecule has 166 valence electrons. The molecule has 0 N–H and O–H groups in total. The van der Waals surface area contributed by atoms with E-state index in [0.29, 0.717) is 39.6 Å². The Morgan fingerprint density at radius 1 is 0.536 bits per heavy atom. The van der Waals surface area contributed by atoms with E-state index in [-0.39, 0.29) is 31.0 Å². The fourth-order valence-corrected chi connectivity index (χ4v) is 9.52. The van der Waals surface area contributed by atoms with Crippen molar-refractivity contribution in [3.05, 3.63) is 0 Å². The van der Waals surface area contributed by atoms with Gasteiger partial charge in [-0.1, -0.05) is 0 Å². The second-order valence-corrected chi connectivity index (χ2v) is 12.5. The van der Waals surface area contributed by atoms with Gasteiger partial charge in [-0.05, 0) is 65.9 Å². The summed E-state index contributed by atoms with van der Waals surface area (Å²) in [6, 6.07) is 1.76. The maximum Gasteiger partial charge on any atom is 1.00 e. The van der Waals surface area contributed by atoms with Crippen molar-refractivity contribution in [3.8, 4) is 0 Å². The first-order valence-electron chi connectivity index (χ1n) is 10.5. The molecule has 0 atom stereocenters. The van der Waals surface area contributed by atoms with Gasteiger partial charge in [-0.2, -0.15) is 11.8 Å². The van der Waals surface area contributed by atoms with Crippen LogP contribution in [0.5, 0.6) is 0 Å². The molecule has 0 fully saturated rings. The van der Waals surface area contributed by atoms with Gasteiger partial charge in [-0.25, -0.2) is 0 Å². The quantitative estimate of drug-likeness (QED) is 0.200. The molecule has 0 aromatic rings. The predicted molar refractivity (Wildman–Crippen MR) is 119 cm³/mol. The van der Waals surface area contributed by atoms with Crippen LogP contribution < -0.4 is 29.6 Å². The van der Waals surface area contributed by atoms with E-state index in [0.717, 1.165) is 36.4 Å². The second-order valence-electron chi connectivity index (χ2n) is 5.78. The van der Waals surface area contributed by atoms with E-state index < -0.39 is 17.6 Å². The zero-order chi connectivity index (χ0) is 20.4. The Bertz CT molecular complexity index is 287. The van der Waals surface area contributed by atoms with Gasteiger partial charge in [-0.15, -0.1) is 0 Å². The molecule has 0 aromatic heterocycles. The Morgan fingerprint density at radius 2 is 0.786 bits per heavy atom. The standard InChI is InChI=1S/C18H42O6SSi2.Na.H/c1-7-19-26(20-8-2,21-9-3)17-13-15-25-16-14-18-27(22-10-4,23-11-5)24-12-6;;/h7-18H2,1-6H3;;/q;+1;-1. The molecule has 28 heavy (non-hydrogen) atoms. The summed E-state index contributed by atoms with van der Waals surface area (Å²) in [7, 11) is -4.99. The van der Waals surface area contributed by atoms with Gasteiger partial charge in [-0.3, -0.25) is 0 Å². The monoisotopic (exact) mass is 466 g/mol. The first-order valence-corrected chi connectivity index (χ1v) is 15.5. The van der Waals surface area contributed by atoms with E-state index in [1.807, 2.05) is 53.3 Å². The average molecular weight is 467 g/mol. The summed E-state index contributed by atoms with van der Waals surface area (Å²) in [6.45, 7) is 15.8. The van der Waals surface area contributed by atoms with Crippen molar-refractivity contribution < 1.29 is 57.5 Å². The van der Waals surface area contributed by atoms with E-state index in [4.69, 9.17) is 26.6 Å². The van der Waals surface area contributed by atoms with Crippen molar-refractivity contribution in [2.45, 2.75) is 66.5 Å². The van der Waals surface area contributed by atoms with Crippen molar-refractivity contribution >= 4 is 29.4 Å². The van der Waals surface area contributed by atoms with Gasteiger partial charge >= 0.3 is 47.2 Å². The number of hydrogen-bond acceptors (Lipinski definition) is 7. The van der Waals surface area contributed by atoms with Crippen LogP contribution in [-0.2, 0) is 26.6 Å². The number of thioether (sulfide) groups is 1. The molecule has 0 rings (SSSR count). The molecule has 0 bridgehead atoms. The van der Waals surface area contributed by atoms with Gasteiger partial charge in [0, 0.05) is 51.7 Å². The van der Waals surface area contributed by atoms with Crippen LogP contribution in [0.15, 0.2) is 0 Å². The number of rotatable bonds is 20. The second kappa shape index (κ2) is 20.4. The van der Waals surface area contributed by atoms with Crippen LogP contribution in [0.2, 0.25) is 12.1 Å². The van der Waals surface area contributed by atoms with Crippen LogP contribution in [0.25, 0.3) is 0 Å². The van der Waals surface area contributed by atoms with Crippen LogP contribution in [0.4, 0.5) is 0 Å². The molecule has 0 aromatic carbocycles. The molecule has 10 heteroatoms. The first kappa shape index (κ1) is 31.7. The summed E-state index contributed by atoms with van der Waals surface area (Å²) in [5.41, 5.74) is 0. The maximum atomic E-state index is 5.90. The van der Waals surface area contributed by atoms with E-state index in [9.17, 15) is 0 Å². The molecule has 0 aliphatic carbocycles. The van der Waals surface area contributed by atoms with Crippen LogP contribution in [0, 0.1) is 0 Å². The summed E-state index contributed by atoms with van der Waals surface area (Å²) in [4.78, 5) is 0. The summed E-state index contributed by atoms with van der Waals surface area (Å²) in [6.07, 6.45) is 2.09. The molecule has 0 amide bonds. The van der Waals surface area contributed by atoms with Crippen molar-refractivity contribution in [2.24, 2.45) is 0 Å². The zero-order valence-corrected chi connectivity index (χ0v) is 24.2. The summed E-state index contributed by atoms with van der Waals surface area (Å²) in [5.74, 6) is 2.16. The molecule has 0 aliphatic heterocycles. The molecule has 0 saturated carbocycles. The minimum absolute atomic E-state index is 0. The van der Waals surface area contributed by atoms with Gasteiger partial charge in [0.25, 0.3) is 0 Å². The first-order chi connectivity index (χ1) is 13.1. The van der Waals surface area contributed by atoms with Crippen LogP contribution in [0.3, 0.4) is 0 Å². The van der Waals surface area contributed by atoms with E-state index >= 15 is 0 Å². The van der Waals surface area contributed by atoms with E-state index in [2.05, 4.69) is 0 Å². The predicted octanol–water partition coefficient (Wildman–Crippen LogP) is 1.71. The molecule has 0 unspecified atom stereocenters. The topological polar surface area (TPSA) is 55.4 Å². The van der Waals surface area contributed by atoms with Crippen molar-refractivity contribution in [1.29, 1.82) is 0 Å². The fourth-order valence-electron chi connectivity index (χ4n) is 2.89. The Kier molecular flexibility index (Phi) is 23.2. The Morgan fingerprint density at radius 3 is 1.00 bits per heavy atom. The maximum absolute atomic E-state index is 5.90. The minimum atomic E-state index is -2.49. The average Bonchev–Trinajstić information content (AvgIpc) is 2.62. The Hall–Kier alpha value is 1.54. The van der Waals surface area contributed by atoms with Gasteiger partial charge in [0.1, 0.15) is 0 Å². The molecular weight excluding hydrogens is 423 g/mol. The molecular formula is C18H43NaO6SSi2.